The lowest BCUT2D eigenvalue weighted by molar-refractivity contribution is 0.157. The van der Waals surface area contributed by atoms with Crippen LogP contribution in [0.5, 0.6) is 0 Å². The number of benzene rings is 1. The summed E-state index contributed by atoms with van der Waals surface area (Å²) in [7, 11) is -4.27. The van der Waals surface area contributed by atoms with E-state index in [1.807, 2.05) is 0 Å². The second-order valence-corrected chi connectivity index (χ2v) is 6.26. The Morgan fingerprint density at radius 3 is 2.00 bits per heavy atom. The van der Waals surface area contributed by atoms with Crippen LogP contribution in [0.1, 0.15) is 6.92 Å². The SMILES string of the molecule is CC1=CC(O)(Cl)N(c2ccc(S(=O)(=O)O)cc2)N1Cl.O.O. The molecule has 1 aliphatic heterocycles. The van der Waals surface area contributed by atoms with Gasteiger partial charge in [-0.2, -0.15) is 12.9 Å². The summed E-state index contributed by atoms with van der Waals surface area (Å²) in [5.74, 6) is 0. The molecule has 1 aromatic carbocycles. The van der Waals surface area contributed by atoms with Crippen molar-refractivity contribution < 1.29 is 29.0 Å². The monoisotopic (exact) mass is 360 g/mol. The predicted octanol–water partition coefficient (Wildman–Crippen LogP) is 0.263. The van der Waals surface area contributed by atoms with Crippen molar-refractivity contribution in [3.63, 3.8) is 0 Å². The average Bonchev–Trinajstić information content (AvgIpc) is 2.47. The molecule has 0 saturated carbocycles. The minimum Gasteiger partial charge on any atom is -0.412 e. The van der Waals surface area contributed by atoms with Crippen molar-refractivity contribution in [3.8, 4) is 0 Å². The summed E-state index contributed by atoms with van der Waals surface area (Å²) in [5, 5.41) is 9.31. The maximum atomic E-state index is 10.9. The van der Waals surface area contributed by atoms with E-state index in [4.69, 9.17) is 27.9 Å². The molecule has 2 rings (SSSR count). The lowest BCUT2D eigenvalue weighted by Gasteiger charge is -2.33. The van der Waals surface area contributed by atoms with Crippen LogP contribution in [-0.2, 0) is 10.1 Å². The number of rotatable bonds is 2. The van der Waals surface area contributed by atoms with Gasteiger partial charge in [0.2, 0.25) is 0 Å². The molecule has 21 heavy (non-hydrogen) atoms. The van der Waals surface area contributed by atoms with E-state index in [9.17, 15) is 13.5 Å². The highest BCUT2D eigenvalue weighted by molar-refractivity contribution is 7.85. The van der Waals surface area contributed by atoms with E-state index in [0.717, 1.165) is 9.54 Å². The molecule has 11 heteroatoms. The summed E-state index contributed by atoms with van der Waals surface area (Å²) in [6.45, 7) is 1.65. The zero-order chi connectivity index (χ0) is 14.4. The Labute approximate surface area is 131 Å². The Bertz CT molecular complexity index is 631. The first-order valence-electron chi connectivity index (χ1n) is 5.07. The molecule has 0 radical (unpaired) electrons. The third kappa shape index (κ3) is 3.77. The van der Waals surface area contributed by atoms with Gasteiger partial charge in [0, 0.05) is 17.9 Å². The topological polar surface area (TPSA) is 144 Å². The molecule has 1 aromatic rings. The highest BCUT2D eigenvalue weighted by atomic mass is 35.5. The van der Waals surface area contributed by atoms with Crippen molar-refractivity contribution >= 4 is 39.2 Å². The Kier molecular flexibility index (Phi) is 6.04. The first-order chi connectivity index (χ1) is 8.63. The lowest BCUT2D eigenvalue weighted by Crippen LogP contribution is -2.44. The van der Waals surface area contributed by atoms with Gasteiger partial charge in [0.25, 0.3) is 15.3 Å². The van der Waals surface area contributed by atoms with E-state index < -0.39 is 15.3 Å². The van der Waals surface area contributed by atoms with Crippen molar-refractivity contribution in [1.29, 1.82) is 0 Å². The number of nitrogens with zero attached hydrogens (tertiary/aromatic N) is 2. The maximum absolute atomic E-state index is 10.9. The number of halogens is 2. The van der Waals surface area contributed by atoms with Gasteiger partial charge in [-0.3, -0.25) is 4.55 Å². The zero-order valence-electron chi connectivity index (χ0n) is 10.7. The number of hydrazine groups is 1. The van der Waals surface area contributed by atoms with E-state index >= 15 is 0 Å². The minimum absolute atomic E-state index is 0. The summed E-state index contributed by atoms with van der Waals surface area (Å²) in [4.78, 5) is -0.264. The fourth-order valence-corrected chi connectivity index (χ4v) is 2.80. The highest BCUT2D eigenvalue weighted by Crippen LogP contribution is 2.38. The zero-order valence-corrected chi connectivity index (χ0v) is 13.0. The Morgan fingerprint density at radius 1 is 1.19 bits per heavy atom. The van der Waals surface area contributed by atoms with Crippen LogP contribution in [0.25, 0.3) is 0 Å². The molecule has 0 spiro atoms. The second kappa shape index (κ2) is 6.36. The molecule has 120 valence electrons. The average molecular weight is 361 g/mol. The van der Waals surface area contributed by atoms with E-state index in [-0.39, 0.29) is 15.8 Å². The van der Waals surface area contributed by atoms with Gasteiger partial charge in [-0.05, 0) is 31.2 Å². The van der Waals surface area contributed by atoms with Gasteiger partial charge in [0.05, 0.1) is 16.3 Å². The molecule has 6 N–H and O–H groups in total. The van der Waals surface area contributed by atoms with Crippen molar-refractivity contribution in [1.82, 2.24) is 4.53 Å². The summed E-state index contributed by atoms with van der Waals surface area (Å²) in [6, 6.07) is 5.07. The quantitative estimate of drug-likeness (QED) is 0.335. The molecule has 0 amide bonds. The third-order valence-electron chi connectivity index (χ3n) is 2.54. The summed E-state index contributed by atoms with van der Waals surface area (Å²) in [6.07, 6.45) is 1.33. The summed E-state index contributed by atoms with van der Waals surface area (Å²) >= 11 is 11.9. The number of anilines is 1. The van der Waals surface area contributed by atoms with Gasteiger partial charge in [-0.1, -0.05) is 11.6 Å². The highest BCUT2D eigenvalue weighted by Gasteiger charge is 2.41. The van der Waals surface area contributed by atoms with Gasteiger partial charge in [0.15, 0.2) is 0 Å². The van der Waals surface area contributed by atoms with Crippen LogP contribution in [0, 0.1) is 0 Å². The van der Waals surface area contributed by atoms with E-state index in [1.54, 1.807) is 6.92 Å². The van der Waals surface area contributed by atoms with Crippen LogP contribution < -0.4 is 5.01 Å². The largest absolute Gasteiger partial charge is 0.412 e. The molecule has 0 aromatic heterocycles. The van der Waals surface area contributed by atoms with Gasteiger partial charge in [-0.25, -0.2) is 5.01 Å². The standard InChI is InChI=1S/C10H10Cl2N2O4S.2H2O/c1-7-6-10(11,15)13(14(7)12)8-2-4-9(5-3-8)19(16,17)18;;/h2-6,15H,1H3,(H,16,17,18);2*1H2. The minimum atomic E-state index is -4.27. The van der Waals surface area contributed by atoms with Crippen LogP contribution in [0.3, 0.4) is 0 Å². The molecule has 1 heterocycles. The number of aliphatic hydroxyl groups is 1. The predicted molar refractivity (Wildman–Crippen MR) is 78.2 cm³/mol. The van der Waals surface area contributed by atoms with Crippen LogP contribution in [0.2, 0.25) is 0 Å². The fraction of sp³-hybridized carbons (Fsp3) is 0.200. The number of allylic oxidation sites excluding steroid dienone is 1. The molecule has 8 nitrogen and oxygen atoms in total. The Hall–Kier alpha value is -1.07. The van der Waals surface area contributed by atoms with E-state index in [0.29, 0.717) is 11.4 Å². The maximum Gasteiger partial charge on any atom is 0.294 e. The molecule has 0 fully saturated rings. The van der Waals surface area contributed by atoms with Crippen LogP contribution >= 0.6 is 23.4 Å². The number of alkyl halides is 1. The molecule has 1 aliphatic rings. The smallest absolute Gasteiger partial charge is 0.294 e. The van der Waals surface area contributed by atoms with Gasteiger partial charge < -0.3 is 16.1 Å². The molecule has 0 saturated heterocycles. The van der Waals surface area contributed by atoms with Crippen LogP contribution in [-0.4, -0.2) is 38.7 Å². The Morgan fingerprint density at radius 2 is 1.67 bits per heavy atom. The molecule has 1 unspecified atom stereocenters. The van der Waals surface area contributed by atoms with Gasteiger partial charge in [-0.15, -0.1) is 0 Å². The summed E-state index contributed by atoms with van der Waals surface area (Å²) < 4.78 is 31.8. The van der Waals surface area contributed by atoms with E-state index in [1.165, 1.54) is 30.3 Å². The van der Waals surface area contributed by atoms with Crippen LogP contribution in [0.15, 0.2) is 40.9 Å². The number of hydrogen-bond donors (Lipinski definition) is 2. The third-order valence-corrected chi connectivity index (χ3v) is 4.09. The van der Waals surface area contributed by atoms with E-state index in [2.05, 4.69) is 0 Å². The molecule has 0 bridgehead atoms. The Balaban J connectivity index is 0.00000200. The van der Waals surface area contributed by atoms with Crippen molar-refractivity contribution in [2.24, 2.45) is 0 Å². The number of hydrogen-bond acceptors (Lipinski definition) is 5. The van der Waals surface area contributed by atoms with Crippen molar-refractivity contribution in [3.05, 3.63) is 36.0 Å². The molecule has 1 atom stereocenters. The second-order valence-electron chi connectivity index (χ2n) is 3.96. The molecule has 0 aliphatic carbocycles. The first-order valence-corrected chi connectivity index (χ1v) is 7.23. The lowest BCUT2D eigenvalue weighted by atomic mass is 10.3. The van der Waals surface area contributed by atoms with Crippen LogP contribution in [0.4, 0.5) is 5.69 Å². The first kappa shape index (κ1) is 19.9. The van der Waals surface area contributed by atoms with Gasteiger partial charge >= 0.3 is 0 Å². The molecular weight excluding hydrogens is 347 g/mol. The van der Waals surface area contributed by atoms with Crippen molar-refractivity contribution in [2.75, 3.05) is 5.01 Å². The molecular formula is C10H14Cl2N2O6S. The van der Waals surface area contributed by atoms with Crippen molar-refractivity contribution in [2.45, 2.75) is 17.0 Å². The fourth-order valence-electron chi connectivity index (χ4n) is 1.70. The summed E-state index contributed by atoms with van der Waals surface area (Å²) in [5.41, 5.74) is 0.867. The normalized spacial score (nSPS) is 21.5. The van der Waals surface area contributed by atoms with Gasteiger partial charge in [0.1, 0.15) is 0 Å².